The van der Waals surface area contributed by atoms with Crippen molar-refractivity contribution in [3.63, 3.8) is 0 Å². The van der Waals surface area contributed by atoms with Crippen LogP contribution >= 0.6 is 24.0 Å². The number of nitrogens with zero attached hydrogens (tertiary/aromatic N) is 2. The van der Waals surface area contributed by atoms with Crippen LogP contribution in [0.15, 0.2) is 35.3 Å². The van der Waals surface area contributed by atoms with Crippen LogP contribution in [-0.4, -0.2) is 43.6 Å². The Labute approximate surface area is 158 Å². The Balaban J connectivity index is 0.00000264. The third-order valence-corrected chi connectivity index (χ3v) is 3.99. The molecule has 2 N–H and O–H groups in total. The van der Waals surface area contributed by atoms with Crippen LogP contribution in [0.25, 0.3) is 0 Å². The third kappa shape index (κ3) is 8.01. The Morgan fingerprint density at radius 3 is 2.52 bits per heavy atom. The van der Waals surface area contributed by atoms with E-state index in [9.17, 15) is 0 Å². The summed E-state index contributed by atoms with van der Waals surface area (Å²) in [7, 11) is 0. The molecule has 1 heterocycles. The largest absolute Gasteiger partial charge is 0.357 e. The molecule has 5 heteroatoms. The Morgan fingerprint density at radius 1 is 1.17 bits per heavy atom. The summed E-state index contributed by atoms with van der Waals surface area (Å²) in [6, 6.07) is 10.4. The van der Waals surface area contributed by atoms with Crippen LogP contribution in [0, 0.1) is 5.92 Å². The zero-order valence-electron chi connectivity index (χ0n) is 14.4. The second kappa shape index (κ2) is 11.7. The smallest absolute Gasteiger partial charge is 0.191 e. The van der Waals surface area contributed by atoms with Crippen LogP contribution in [0.5, 0.6) is 0 Å². The highest BCUT2D eigenvalue weighted by Gasteiger charge is 2.14. The Kier molecular flexibility index (Phi) is 10.3. The van der Waals surface area contributed by atoms with Crippen molar-refractivity contribution in [2.24, 2.45) is 10.9 Å². The topological polar surface area (TPSA) is 39.7 Å². The van der Waals surface area contributed by atoms with Crippen molar-refractivity contribution in [2.45, 2.75) is 33.2 Å². The van der Waals surface area contributed by atoms with Gasteiger partial charge in [0.15, 0.2) is 5.96 Å². The maximum Gasteiger partial charge on any atom is 0.191 e. The van der Waals surface area contributed by atoms with E-state index in [1.807, 2.05) is 6.07 Å². The fourth-order valence-corrected chi connectivity index (χ4v) is 2.84. The van der Waals surface area contributed by atoms with Crippen LogP contribution in [-0.2, 0) is 6.54 Å². The molecule has 0 aromatic heterocycles. The first kappa shape index (κ1) is 20.2. The molecule has 1 aliphatic heterocycles. The number of benzene rings is 1. The molecule has 1 aromatic rings. The second-order valence-corrected chi connectivity index (χ2v) is 6.17. The minimum atomic E-state index is 0. The van der Waals surface area contributed by atoms with Gasteiger partial charge in [0.2, 0.25) is 0 Å². The summed E-state index contributed by atoms with van der Waals surface area (Å²) in [4.78, 5) is 7.24. The fraction of sp³-hybridized carbons (Fsp3) is 0.611. The highest BCUT2D eigenvalue weighted by molar-refractivity contribution is 14.0. The lowest BCUT2D eigenvalue weighted by molar-refractivity contribution is 0.287. The molecule has 1 fully saturated rings. The minimum absolute atomic E-state index is 0. The van der Waals surface area contributed by atoms with E-state index in [4.69, 9.17) is 0 Å². The van der Waals surface area contributed by atoms with Gasteiger partial charge in [0.1, 0.15) is 0 Å². The molecule has 1 aliphatic rings. The van der Waals surface area contributed by atoms with Crippen molar-refractivity contribution in [3.8, 4) is 0 Å². The first-order valence-electron chi connectivity index (χ1n) is 8.56. The summed E-state index contributed by atoms with van der Waals surface area (Å²) in [5.41, 5.74) is 1.24. The van der Waals surface area contributed by atoms with Crippen LogP contribution in [0.4, 0.5) is 0 Å². The van der Waals surface area contributed by atoms with Crippen molar-refractivity contribution in [2.75, 3.05) is 32.7 Å². The van der Waals surface area contributed by atoms with Crippen molar-refractivity contribution < 1.29 is 0 Å². The predicted molar refractivity (Wildman–Crippen MR) is 110 cm³/mol. The van der Waals surface area contributed by atoms with E-state index in [1.54, 1.807) is 0 Å². The lowest BCUT2D eigenvalue weighted by atomic mass is 10.1. The molecule has 1 saturated heterocycles. The number of hydrogen-bond acceptors (Lipinski definition) is 2. The molecule has 0 spiro atoms. The van der Waals surface area contributed by atoms with Gasteiger partial charge in [-0.1, -0.05) is 37.3 Å². The van der Waals surface area contributed by atoms with Crippen molar-refractivity contribution in [1.82, 2.24) is 15.5 Å². The van der Waals surface area contributed by atoms with Gasteiger partial charge in [0.25, 0.3) is 0 Å². The third-order valence-electron chi connectivity index (χ3n) is 3.99. The number of aliphatic imine (C=N–C) groups is 1. The highest BCUT2D eigenvalue weighted by atomic mass is 127. The Hall–Kier alpha value is -0.820. The van der Waals surface area contributed by atoms with Gasteiger partial charge >= 0.3 is 0 Å². The van der Waals surface area contributed by atoms with Crippen LogP contribution in [0.2, 0.25) is 0 Å². The maximum atomic E-state index is 4.67. The molecular weight excluding hydrogens is 399 g/mol. The van der Waals surface area contributed by atoms with E-state index in [2.05, 4.69) is 58.6 Å². The van der Waals surface area contributed by atoms with Gasteiger partial charge in [-0.2, -0.15) is 0 Å². The first-order valence-corrected chi connectivity index (χ1v) is 8.56. The molecule has 130 valence electrons. The predicted octanol–water partition coefficient (Wildman–Crippen LogP) is 3.09. The first-order chi connectivity index (χ1) is 10.8. The number of guanidine groups is 1. The van der Waals surface area contributed by atoms with Crippen molar-refractivity contribution >= 4 is 29.9 Å². The number of hydrogen-bond donors (Lipinski definition) is 2. The van der Waals surface area contributed by atoms with Gasteiger partial charge < -0.3 is 15.5 Å². The molecule has 0 bridgehead atoms. The normalized spacial score (nSPS) is 16.7. The summed E-state index contributed by atoms with van der Waals surface area (Å²) >= 11 is 0. The van der Waals surface area contributed by atoms with Gasteiger partial charge in [-0.05, 0) is 44.3 Å². The average Bonchev–Trinajstić information content (AvgIpc) is 3.04. The SMILES string of the molecule is CCNC(=NCc1ccccc1)NCC(C)CN1CCCC1.I. The average molecular weight is 430 g/mol. The lowest BCUT2D eigenvalue weighted by Gasteiger charge is -2.21. The van der Waals surface area contributed by atoms with Gasteiger partial charge in [-0.25, -0.2) is 4.99 Å². The zero-order valence-corrected chi connectivity index (χ0v) is 16.8. The summed E-state index contributed by atoms with van der Waals surface area (Å²) < 4.78 is 0. The monoisotopic (exact) mass is 430 g/mol. The van der Waals surface area contributed by atoms with Crippen molar-refractivity contribution in [3.05, 3.63) is 35.9 Å². The minimum Gasteiger partial charge on any atom is -0.357 e. The summed E-state index contributed by atoms with van der Waals surface area (Å²) in [5, 5.41) is 6.80. The molecular formula is C18H31IN4. The van der Waals surface area contributed by atoms with E-state index in [0.29, 0.717) is 5.92 Å². The van der Waals surface area contributed by atoms with E-state index in [0.717, 1.165) is 25.6 Å². The van der Waals surface area contributed by atoms with Crippen molar-refractivity contribution in [1.29, 1.82) is 0 Å². The van der Waals surface area contributed by atoms with Crippen LogP contribution < -0.4 is 10.6 Å². The summed E-state index contributed by atoms with van der Waals surface area (Å²) in [6.45, 7) is 10.7. The molecule has 1 atom stereocenters. The quantitative estimate of drug-likeness (QED) is 0.397. The number of rotatable bonds is 7. The standard InChI is InChI=1S/C18H30N4.HI/c1-3-19-18(21-14-17-9-5-4-6-10-17)20-13-16(2)15-22-11-7-8-12-22;/h4-6,9-10,16H,3,7-8,11-15H2,1-2H3,(H2,19,20,21);1H. The molecule has 1 unspecified atom stereocenters. The van der Waals surface area contributed by atoms with Gasteiger partial charge in [0.05, 0.1) is 6.54 Å². The number of nitrogens with one attached hydrogen (secondary N) is 2. The van der Waals surface area contributed by atoms with E-state index >= 15 is 0 Å². The number of halogens is 1. The summed E-state index contributed by atoms with van der Waals surface area (Å²) in [5.74, 6) is 1.55. The molecule has 0 aliphatic carbocycles. The maximum absolute atomic E-state index is 4.67. The number of likely N-dealkylation sites (tertiary alicyclic amines) is 1. The molecule has 4 nitrogen and oxygen atoms in total. The highest BCUT2D eigenvalue weighted by Crippen LogP contribution is 2.09. The van der Waals surface area contributed by atoms with E-state index < -0.39 is 0 Å². The molecule has 23 heavy (non-hydrogen) atoms. The Bertz CT molecular complexity index is 444. The molecule has 0 amide bonds. The Morgan fingerprint density at radius 2 is 1.87 bits per heavy atom. The fourth-order valence-electron chi connectivity index (χ4n) is 2.84. The van der Waals surface area contributed by atoms with Crippen LogP contribution in [0.1, 0.15) is 32.3 Å². The molecule has 0 saturated carbocycles. The summed E-state index contributed by atoms with van der Waals surface area (Å²) in [6.07, 6.45) is 2.72. The van der Waals surface area contributed by atoms with E-state index in [1.165, 1.54) is 38.0 Å². The van der Waals surface area contributed by atoms with Gasteiger partial charge in [-0.15, -0.1) is 24.0 Å². The molecule has 1 aromatic carbocycles. The van der Waals surface area contributed by atoms with E-state index in [-0.39, 0.29) is 24.0 Å². The lowest BCUT2D eigenvalue weighted by Crippen LogP contribution is -2.41. The molecule has 2 rings (SSSR count). The van der Waals surface area contributed by atoms with Crippen LogP contribution in [0.3, 0.4) is 0 Å². The zero-order chi connectivity index (χ0) is 15.6. The molecule has 0 radical (unpaired) electrons. The van der Waals surface area contributed by atoms with Gasteiger partial charge in [0, 0.05) is 19.6 Å². The van der Waals surface area contributed by atoms with Gasteiger partial charge in [-0.3, -0.25) is 0 Å². The second-order valence-electron chi connectivity index (χ2n) is 6.17.